The summed E-state index contributed by atoms with van der Waals surface area (Å²) in [6.07, 6.45) is 0. The Hall–Kier alpha value is -1.19. The number of halogens is 1. The minimum absolute atomic E-state index is 0.718. The van der Waals surface area contributed by atoms with Crippen LogP contribution in [0.1, 0.15) is 10.4 Å². The number of rotatable bonds is 3. The fraction of sp³-hybridized carbons (Fsp3) is 0.231. The number of anilines is 2. The largest absolute Gasteiger partial charge is 0.397 e. The number of hydrogen-bond donors (Lipinski definition) is 1. The van der Waals surface area contributed by atoms with Gasteiger partial charge in [0.1, 0.15) is 0 Å². The lowest BCUT2D eigenvalue weighted by Gasteiger charge is -2.21. The van der Waals surface area contributed by atoms with Gasteiger partial charge in [-0.05, 0) is 36.1 Å². The van der Waals surface area contributed by atoms with E-state index in [0.29, 0.717) is 0 Å². The number of benzene rings is 1. The molecular weight excluding hydrogens is 252 g/mol. The monoisotopic (exact) mass is 266 g/mol. The van der Waals surface area contributed by atoms with E-state index in [-0.39, 0.29) is 0 Å². The number of nitrogens with two attached hydrogens (primary N) is 1. The molecule has 2 N–H and O–H groups in total. The molecule has 0 bridgehead atoms. The molecular formula is C13H15ClN2S. The lowest BCUT2D eigenvalue weighted by Crippen LogP contribution is -2.17. The second-order valence-electron chi connectivity index (χ2n) is 4.10. The number of nitrogens with zero attached hydrogens (tertiary/aromatic N) is 1. The van der Waals surface area contributed by atoms with Gasteiger partial charge >= 0.3 is 0 Å². The summed E-state index contributed by atoms with van der Waals surface area (Å²) >= 11 is 7.79. The normalized spacial score (nSPS) is 10.5. The molecule has 1 aromatic heterocycles. The molecule has 0 aliphatic carbocycles. The maximum atomic E-state index is 6.04. The second kappa shape index (κ2) is 4.98. The van der Waals surface area contributed by atoms with Crippen LogP contribution in [0.2, 0.25) is 5.02 Å². The van der Waals surface area contributed by atoms with E-state index in [1.165, 1.54) is 4.88 Å². The Morgan fingerprint density at radius 3 is 2.82 bits per heavy atom. The molecule has 0 saturated carbocycles. The van der Waals surface area contributed by atoms with Gasteiger partial charge < -0.3 is 10.6 Å². The standard InChI is InChI=1S/C13H15ClN2S/c1-9-6-13(12(15)7-11(9)14)16(2)8-10-4-3-5-17-10/h3-7H,8,15H2,1-2H3. The molecule has 17 heavy (non-hydrogen) atoms. The summed E-state index contributed by atoms with van der Waals surface area (Å²) in [4.78, 5) is 3.46. The van der Waals surface area contributed by atoms with Crippen LogP contribution in [-0.4, -0.2) is 7.05 Å². The Morgan fingerprint density at radius 2 is 2.18 bits per heavy atom. The third-order valence-corrected chi connectivity index (χ3v) is 3.96. The zero-order valence-corrected chi connectivity index (χ0v) is 11.5. The van der Waals surface area contributed by atoms with Gasteiger partial charge in [0.05, 0.1) is 17.9 Å². The van der Waals surface area contributed by atoms with Crippen LogP contribution in [0.4, 0.5) is 11.4 Å². The first kappa shape index (κ1) is 12.3. The maximum Gasteiger partial charge on any atom is 0.0604 e. The smallest absolute Gasteiger partial charge is 0.0604 e. The third-order valence-electron chi connectivity index (χ3n) is 2.69. The summed E-state index contributed by atoms with van der Waals surface area (Å²) in [6, 6.07) is 8.03. The molecule has 0 spiro atoms. The summed E-state index contributed by atoms with van der Waals surface area (Å²) in [6.45, 7) is 2.85. The molecule has 1 heterocycles. The van der Waals surface area contributed by atoms with Crippen molar-refractivity contribution in [2.75, 3.05) is 17.7 Å². The number of hydrogen-bond acceptors (Lipinski definition) is 3. The minimum Gasteiger partial charge on any atom is -0.397 e. The lowest BCUT2D eigenvalue weighted by molar-refractivity contribution is 0.941. The van der Waals surface area contributed by atoms with Gasteiger partial charge in [-0.3, -0.25) is 0 Å². The molecule has 90 valence electrons. The van der Waals surface area contributed by atoms with E-state index >= 15 is 0 Å². The highest BCUT2D eigenvalue weighted by atomic mass is 35.5. The molecule has 2 rings (SSSR count). The number of nitrogen functional groups attached to an aromatic ring is 1. The fourth-order valence-corrected chi connectivity index (χ4v) is 2.66. The molecule has 0 amide bonds. The first-order valence-corrected chi connectivity index (χ1v) is 6.63. The molecule has 0 atom stereocenters. The third kappa shape index (κ3) is 2.73. The first-order chi connectivity index (χ1) is 8.08. The average Bonchev–Trinajstić information content (AvgIpc) is 2.76. The number of aryl methyl sites for hydroxylation is 1. The van der Waals surface area contributed by atoms with Gasteiger partial charge in [0.2, 0.25) is 0 Å². The Morgan fingerprint density at radius 1 is 1.41 bits per heavy atom. The number of thiophene rings is 1. The van der Waals surface area contributed by atoms with Crippen molar-refractivity contribution in [3.05, 3.63) is 45.1 Å². The highest BCUT2D eigenvalue weighted by Crippen LogP contribution is 2.30. The van der Waals surface area contributed by atoms with Gasteiger partial charge in [-0.25, -0.2) is 0 Å². The van der Waals surface area contributed by atoms with E-state index in [9.17, 15) is 0 Å². The molecule has 2 aromatic rings. The van der Waals surface area contributed by atoms with Gasteiger partial charge in [0, 0.05) is 16.9 Å². The molecule has 1 aromatic carbocycles. The fourth-order valence-electron chi connectivity index (χ4n) is 1.73. The second-order valence-corrected chi connectivity index (χ2v) is 5.54. The Bertz CT molecular complexity index is 508. The molecule has 0 fully saturated rings. The topological polar surface area (TPSA) is 29.3 Å². The van der Waals surface area contributed by atoms with Crippen molar-refractivity contribution in [2.45, 2.75) is 13.5 Å². The average molecular weight is 267 g/mol. The Kier molecular flexibility index (Phi) is 3.60. The Labute approximate surface area is 111 Å². The van der Waals surface area contributed by atoms with E-state index in [1.54, 1.807) is 11.3 Å². The molecule has 4 heteroatoms. The van der Waals surface area contributed by atoms with Gasteiger partial charge in [0.25, 0.3) is 0 Å². The van der Waals surface area contributed by atoms with Crippen molar-refractivity contribution in [1.82, 2.24) is 0 Å². The molecule has 2 nitrogen and oxygen atoms in total. The van der Waals surface area contributed by atoms with E-state index in [1.807, 2.05) is 26.1 Å². The highest BCUT2D eigenvalue weighted by Gasteiger charge is 2.09. The van der Waals surface area contributed by atoms with Gasteiger partial charge in [0.15, 0.2) is 0 Å². The zero-order valence-electron chi connectivity index (χ0n) is 9.90. The van der Waals surface area contributed by atoms with E-state index < -0.39 is 0 Å². The van der Waals surface area contributed by atoms with Crippen LogP contribution in [0.5, 0.6) is 0 Å². The minimum atomic E-state index is 0.718. The van der Waals surface area contributed by atoms with Crippen molar-refractivity contribution in [3.63, 3.8) is 0 Å². The van der Waals surface area contributed by atoms with E-state index in [4.69, 9.17) is 17.3 Å². The van der Waals surface area contributed by atoms with Crippen LogP contribution in [0.25, 0.3) is 0 Å². The quantitative estimate of drug-likeness (QED) is 0.853. The molecule has 0 aliphatic rings. The van der Waals surface area contributed by atoms with Crippen molar-refractivity contribution in [3.8, 4) is 0 Å². The van der Waals surface area contributed by atoms with Crippen LogP contribution in [0.3, 0.4) is 0 Å². The summed E-state index contributed by atoms with van der Waals surface area (Å²) in [7, 11) is 2.04. The Balaban J connectivity index is 2.24. The van der Waals surface area contributed by atoms with E-state index in [2.05, 4.69) is 22.4 Å². The van der Waals surface area contributed by atoms with Gasteiger partial charge in [-0.1, -0.05) is 17.7 Å². The van der Waals surface area contributed by atoms with Crippen molar-refractivity contribution in [1.29, 1.82) is 0 Å². The summed E-state index contributed by atoms with van der Waals surface area (Å²) in [5.74, 6) is 0. The zero-order chi connectivity index (χ0) is 12.4. The molecule has 0 saturated heterocycles. The lowest BCUT2D eigenvalue weighted by atomic mass is 10.1. The van der Waals surface area contributed by atoms with Crippen LogP contribution < -0.4 is 10.6 Å². The first-order valence-electron chi connectivity index (χ1n) is 5.37. The van der Waals surface area contributed by atoms with E-state index in [0.717, 1.165) is 28.5 Å². The molecule has 0 unspecified atom stereocenters. The maximum absolute atomic E-state index is 6.04. The predicted molar refractivity (Wildman–Crippen MR) is 77.0 cm³/mol. The SMILES string of the molecule is Cc1cc(N(C)Cc2cccs2)c(N)cc1Cl. The van der Waals surface area contributed by atoms with Crippen LogP contribution in [0.15, 0.2) is 29.6 Å². The summed E-state index contributed by atoms with van der Waals surface area (Å²) in [5.41, 5.74) is 8.80. The van der Waals surface area contributed by atoms with Gasteiger partial charge in [-0.2, -0.15) is 0 Å². The predicted octanol–water partition coefficient (Wildman–Crippen LogP) is 3.93. The van der Waals surface area contributed by atoms with Crippen LogP contribution >= 0.6 is 22.9 Å². The summed E-state index contributed by atoms with van der Waals surface area (Å²) in [5, 5.41) is 2.80. The van der Waals surface area contributed by atoms with Crippen molar-refractivity contribution < 1.29 is 0 Å². The molecule has 0 radical (unpaired) electrons. The molecule has 0 aliphatic heterocycles. The van der Waals surface area contributed by atoms with Crippen molar-refractivity contribution >= 4 is 34.3 Å². The summed E-state index contributed by atoms with van der Waals surface area (Å²) < 4.78 is 0. The highest BCUT2D eigenvalue weighted by molar-refractivity contribution is 7.09. The van der Waals surface area contributed by atoms with Crippen molar-refractivity contribution in [2.24, 2.45) is 0 Å². The van der Waals surface area contributed by atoms with Crippen LogP contribution in [0, 0.1) is 6.92 Å². The van der Waals surface area contributed by atoms with Gasteiger partial charge in [-0.15, -0.1) is 11.3 Å². The van der Waals surface area contributed by atoms with Crippen LogP contribution in [-0.2, 0) is 6.54 Å².